The van der Waals surface area contributed by atoms with Crippen molar-refractivity contribution in [3.05, 3.63) is 35.9 Å². The maximum absolute atomic E-state index is 12.2. The highest BCUT2D eigenvalue weighted by Gasteiger charge is 2.18. The molecule has 0 fully saturated rings. The van der Waals surface area contributed by atoms with Crippen molar-refractivity contribution in [1.29, 1.82) is 0 Å². The predicted octanol–water partition coefficient (Wildman–Crippen LogP) is 0.553. The average Bonchev–Trinajstić information content (AvgIpc) is 2.52. The zero-order chi connectivity index (χ0) is 17.9. The number of nitrogens with one attached hydrogen (secondary N) is 3. The average molecular weight is 334 g/mol. The molecule has 0 saturated heterocycles. The number of amides is 2. The van der Waals surface area contributed by atoms with E-state index in [1.165, 1.54) is 5.56 Å². The Morgan fingerprint density at radius 2 is 1.58 bits per heavy atom. The summed E-state index contributed by atoms with van der Waals surface area (Å²) in [5, 5.41) is 5.91. The van der Waals surface area contributed by atoms with Crippen LogP contribution in [0.1, 0.15) is 39.7 Å². The Bertz CT molecular complexity index is 503. The van der Waals surface area contributed by atoms with E-state index in [1.54, 1.807) is 0 Å². The summed E-state index contributed by atoms with van der Waals surface area (Å²) in [6, 6.07) is 10.5. The first-order chi connectivity index (χ1) is 11.4. The molecule has 1 unspecified atom stereocenters. The Hall–Kier alpha value is -1.88. The SMILES string of the molecule is CC[NH+](CC(=O)NC(C)C)CC(=O)N[C@@H](C)CCc1ccccc1. The smallest absolute Gasteiger partial charge is 0.275 e. The lowest BCUT2D eigenvalue weighted by molar-refractivity contribution is -0.881. The summed E-state index contributed by atoms with van der Waals surface area (Å²) < 4.78 is 0. The second kappa shape index (κ2) is 10.8. The van der Waals surface area contributed by atoms with E-state index in [1.807, 2.05) is 45.9 Å². The second-order valence-electron chi connectivity index (χ2n) is 6.67. The molecule has 0 aromatic heterocycles. The summed E-state index contributed by atoms with van der Waals surface area (Å²) in [5.74, 6) is -0.00321. The van der Waals surface area contributed by atoms with E-state index >= 15 is 0 Å². The van der Waals surface area contributed by atoms with Gasteiger partial charge in [-0.15, -0.1) is 0 Å². The molecule has 5 heteroatoms. The lowest BCUT2D eigenvalue weighted by Crippen LogP contribution is -3.14. The number of hydrogen-bond acceptors (Lipinski definition) is 2. The number of carbonyl (C=O) groups is 2. The van der Waals surface area contributed by atoms with Crippen LogP contribution >= 0.6 is 0 Å². The molecule has 0 heterocycles. The second-order valence-corrected chi connectivity index (χ2v) is 6.67. The van der Waals surface area contributed by atoms with E-state index in [2.05, 4.69) is 22.8 Å². The van der Waals surface area contributed by atoms with Crippen molar-refractivity contribution in [2.45, 2.75) is 52.6 Å². The molecule has 0 spiro atoms. The Kier molecular flexibility index (Phi) is 9.08. The normalized spacial score (nSPS) is 13.4. The first kappa shape index (κ1) is 20.2. The summed E-state index contributed by atoms with van der Waals surface area (Å²) in [4.78, 5) is 25.0. The van der Waals surface area contributed by atoms with Crippen molar-refractivity contribution >= 4 is 11.8 Å². The maximum Gasteiger partial charge on any atom is 0.275 e. The van der Waals surface area contributed by atoms with Crippen molar-refractivity contribution in [3.8, 4) is 0 Å². The predicted molar refractivity (Wildman–Crippen MR) is 96.9 cm³/mol. The highest BCUT2D eigenvalue weighted by atomic mass is 16.2. The van der Waals surface area contributed by atoms with E-state index in [-0.39, 0.29) is 23.9 Å². The zero-order valence-electron chi connectivity index (χ0n) is 15.4. The molecule has 1 rings (SSSR count). The fraction of sp³-hybridized carbons (Fsp3) is 0.579. The minimum Gasteiger partial charge on any atom is -0.349 e. The van der Waals surface area contributed by atoms with Gasteiger partial charge >= 0.3 is 0 Å². The standard InChI is InChI=1S/C19H31N3O2/c1-5-22(13-18(23)20-15(2)3)14-19(24)21-16(4)11-12-17-9-7-6-8-10-17/h6-10,15-16H,5,11-14H2,1-4H3,(H,20,23)(H,21,24)/p+1/t16-/m0/s1. The first-order valence-electron chi connectivity index (χ1n) is 8.87. The third-order valence-electron chi connectivity index (χ3n) is 3.89. The van der Waals surface area contributed by atoms with Crippen LogP contribution in [0.3, 0.4) is 0 Å². The lowest BCUT2D eigenvalue weighted by Gasteiger charge is -2.19. The van der Waals surface area contributed by atoms with Crippen LogP contribution in [0.15, 0.2) is 30.3 Å². The molecule has 0 bridgehead atoms. The number of quaternary nitrogens is 1. The van der Waals surface area contributed by atoms with E-state index in [0.29, 0.717) is 13.1 Å². The zero-order valence-corrected chi connectivity index (χ0v) is 15.4. The highest BCUT2D eigenvalue weighted by Crippen LogP contribution is 2.04. The molecule has 2 amide bonds. The number of aryl methyl sites for hydroxylation is 1. The van der Waals surface area contributed by atoms with E-state index in [0.717, 1.165) is 24.3 Å². The largest absolute Gasteiger partial charge is 0.349 e. The topological polar surface area (TPSA) is 62.6 Å². The lowest BCUT2D eigenvalue weighted by atomic mass is 10.1. The molecule has 1 aromatic rings. The summed E-state index contributed by atoms with van der Waals surface area (Å²) >= 11 is 0. The highest BCUT2D eigenvalue weighted by molar-refractivity contribution is 5.79. The fourth-order valence-electron chi connectivity index (χ4n) is 2.57. The van der Waals surface area contributed by atoms with E-state index < -0.39 is 0 Å². The molecule has 1 aromatic carbocycles. The van der Waals surface area contributed by atoms with Crippen molar-refractivity contribution in [2.75, 3.05) is 19.6 Å². The summed E-state index contributed by atoms with van der Waals surface area (Å²) in [5.41, 5.74) is 1.28. The molecule has 5 nitrogen and oxygen atoms in total. The van der Waals surface area contributed by atoms with Crippen LogP contribution in [0.2, 0.25) is 0 Å². The first-order valence-corrected chi connectivity index (χ1v) is 8.87. The molecule has 0 aliphatic carbocycles. The van der Waals surface area contributed by atoms with Gasteiger partial charge in [-0.25, -0.2) is 0 Å². The Morgan fingerprint density at radius 1 is 1.00 bits per heavy atom. The van der Waals surface area contributed by atoms with Crippen LogP contribution in [0.4, 0.5) is 0 Å². The molecule has 24 heavy (non-hydrogen) atoms. The van der Waals surface area contributed by atoms with Crippen molar-refractivity contribution in [2.24, 2.45) is 0 Å². The molecule has 134 valence electrons. The van der Waals surface area contributed by atoms with Gasteiger partial charge in [0.05, 0.1) is 6.54 Å². The van der Waals surface area contributed by atoms with E-state index in [4.69, 9.17) is 0 Å². The van der Waals surface area contributed by atoms with Gasteiger partial charge in [0.25, 0.3) is 11.8 Å². The Balaban J connectivity index is 2.33. The monoisotopic (exact) mass is 334 g/mol. The van der Waals surface area contributed by atoms with Gasteiger partial charge in [-0.2, -0.15) is 0 Å². The number of benzene rings is 1. The van der Waals surface area contributed by atoms with Gasteiger partial charge < -0.3 is 15.5 Å². The molecule has 0 aliphatic rings. The van der Waals surface area contributed by atoms with Crippen LogP contribution in [-0.2, 0) is 16.0 Å². The van der Waals surface area contributed by atoms with Gasteiger partial charge in [-0.05, 0) is 46.1 Å². The summed E-state index contributed by atoms with van der Waals surface area (Å²) in [6.07, 6.45) is 1.86. The fourth-order valence-corrected chi connectivity index (χ4v) is 2.57. The Morgan fingerprint density at radius 3 is 2.12 bits per heavy atom. The maximum atomic E-state index is 12.2. The molecule has 2 atom stereocenters. The number of hydrogen-bond donors (Lipinski definition) is 3. The molecule has 0 saturated carbocycles. The van der Waals surface area contributed by atoms with Crippen LogP contribution in [-0.4, -0.2) is 43.5 Å². The van der Waals surface area contributed by atoms with Gasteiger partial charge in [0, 0.05) is 12.1 Å². The summed E-state index contributed by atoms with van der Waals surface area (Å²) in [7, 11) is 0. The molecular weight excluding hydrogens is 302 g/mol. The van der Waals surface area contributed by atoms with Crippen molar-refractivity contribution in [3.63, 3.8) is 0 Å². The third-order valence-corrected chi connectivity index (χ3v) is 3.89. The van der Waals surface area contributed by atoms with Crippen molar-refractivity contribution < 1.29 is 14.5 Å². The van der Waals surface area contributed by atoms with Gasteiger partial charge in [0.1, 0.15) is 0 Å². The van der Waals surface area contributed by atoms with Crippen molar-refractivity contribution in [1.82, 2.24) is 10.6 Å². The van der Waals surface area contributed by atoms with E-state index in [9.17, 15) is 9.59 Å². The van der Waals surface area contributed by atoms with Gasteiger partial charge in [-0.3, -0.25) is 9.59 Å². The van der Waals surface area contributed by atoms with Crippen LogP contribution in [0, 0.1) is 0 Å². The summed E-state index contributed by atoms with van der Waals surface area (Å²) in [6.45, 7) is 9.30. The number of rotatable bonds is 10. The quantitative estimate of drug-likeness (QED) is 0.585. The van der Waals surface area contributed by atoms with Gasteiger partial charge in [0.2, 0.25) is 0 Å². The molecular formula is C19H32N3O2+. The minimum atomic E-state index is -0.00761. The molecule has 3 N–H and O–H groups in total. The van der Waals surface area contributed by atoms with Gasteiger partial charge in [0.15, 0.2) is 13.1 Å². The third kappa shape index (κ3) is 8.67. The number of carbonyl (C=O) groups excluding carboxylic acids is 2. The van der Waals surface area contributed by atoms with Crippen LogP contribution in [0.5, 0.6) is 0 Å². The molecule has 0 aliphatic heterocycles. The minimum absolute atomic E-state index is 0.00441. The van der Waals surface area contributed by atoms with Crippen LogP contribution in [0.25, 0.3) is 0 Å². The molecule has 0 radical (unpaired) electrons. The Labute approximate surface area is 145 Å². The number of likely N-dealkylation sites (N-methyl/N-ethyl adjacent to an activating group) is 1. The van der Waals surface area contributed by atoms with Crippen LogP contribution < -0.4 is 15.5 Å². The van der Waals surface area contributed by atoms with Gasteiger partial charge in [-0.1, -0.05) is 30.3 Å².